The Balaban J connectivity index is 2.02. The van der Waals surface area contributed by atoms with Crippen molar-refractivity contribution in [2.24, 2.45) is 0 Å². The highest BCUT2D eigenvalue weighted by Crippen LogP contribution is 2.32. The number of carbonyl (C=O) groups is 3. The molecule has 0 radical (unpaired) electrons. The summed E-state index contributed by atoms with van der Waals surface area (Å²) in [6.07, 6.45) is 0. The molecule has 1 heterocycles. The van der Waals surface area contributed by atoms with Crippen LogP contribution in [0.5, 0.6) is 0 Å². The van der Waals surface area contributed by atoms with Crippen LogP contribution in [0.3, 0.4) is 0 Å². The van der Waals surface area contributed by atoms with E-state index in [0.29, 0.717) is 16.1 Å². The van der Waals surface area contributed by atoms with Gasteiger partial charge in [0.25, 0.3) is 0 Å². The predicted octanol–water partition coefficient (Wildman–Crippen LogP) is 3.40. The smallest absolute Gasteiger partial charge is 0.341 e. The number of Topliss-reactive ketones (excluding diaryl/α,β-unsaturated/α-hetero) is 1. The first-order valence-corrected chi connectivity index (χ1v) is 8.48. The average molecular weight is 360 g/mol. The molecule has 0 saturated heterocycles. The summed E-state index contributed by atoms with van der Waals surface area (Å²) in [4.78, 5) is 36.3. The zero-order chi connectivity index (χ0) is 18.6. The molecule has 0 atom stereocenters. The van der Waals surface area contributed by atoms with Crippen LogP contribution < -0.4 is 10.6 Å². The van der Waals surface area contributed by atoms with E-state index in [1.54, 1.807) is 24.3 Å². The molecule has 0 unspecified atom stereocenters. The van der Waals surface area contributed by atoms with Gasteiger partial charge in [0.1, 0.15) is 5.00 Å². The number of anilines is 2. The monoisotopic (exact) mass is 360 g/mol. The van der Waals surface area contributed by atoms with Gasteiger partial charge in [0.05, 0.1) is 19.2 Å². The molecule has 2 aromatic rings. The fourth-order valence-electron chi connectivity index (χ4n) is 2.24. The standard InChI is InChI=1S/C18H20N2O4S/c1-10-12(3)25-17(16(10)18(23)24-4)20-15(22)9-19-14-7-5-13(6-8-14)11(2)21/h5-8,19H,9H2,1-4H3,(H,20,22). The van der Waals surface area contributed by atoms with E-state index in [1.807, 2.05) is 13.8 Å². The van der Waals surface area contributed by atoms with Crippen LogP contribution in [-0.4, -0.2) is 31.3 Å². The van der Waals surface area contributed by atoms with Crippen molar-refractivity contribution in [1.29, 1.82) is 0 Å². The van der Waals surface area contributed by atoms with Gasteiger partial charge < -0.3 is 15.4 Å². The van der Waals surface area contributed by atoms with Gasteiger partial charge in [-0.05, 0) is 50.6 Å². The minimum absolute atomic E-state index is 0.0110. The van der Waals surface area contributed by atoms with E-state index >= 15 is 0 Å². The van der Waals surface area contributed by atoms with Crippen LogP contribution in [0.4, 0.5) is 10.7 Å². The molecule has 0 aliphatic rings. The first-order valence-electron chi connectivity index (χ1n) is 7.66. The topological polar surface area (TPSA) is 84.5 Å². The van der Waals surface area contributed by atoms with Crippen molar-refractivity contribution in [3.05, 3.63) is 45.8 Å². The maximum absolute atomic E-state index is 12.2. The molecule has 2 N–H and O–H groups in total. The Kier molecular flexibility index (Phi) is 5.93. The Bertz CT molecular complexity index is 809. The quantitative estimate of drug-likeness (QED) is 0.609. The third kappa shape index (κ3) is 4.45. The van der Waals surface area contributed by atoms with Gasteiger partial charge >= 0.3 is 5.97 Å². The molecule has 6 nitrogen and oxygen atoms in total. The number of ether oxygens (including phenoxy) is 1. The number of carbonyl (C=O) groups excluding carboxylic acids is 3. The number of methoxy groups -OCH3 is 1. The number of esters is 1. The molecule has 0 spiro atoms. The summed E-state index contributed by atoms with van der Waals surface area (Å²) in [6, 6.07) is 6.88. The van der Waals surface area contributed by atoms with Crippen molar-refractivity contribution < 1.29 is 19.1 Å². The summed E-state index contributed by atoms with van der Waals surface area (Å²) < 4.78 is 4.79. The summed E-state index contributed by atoms with van der Waals surface area (Å²) in [5.41, 5.74) is 2.54. The largest absolute Gasteiger partial charge is 0.465 e. The van der Waals surface area contributed by atoms with E-state index in [2.05, 4.69) is 10.6 Å². The molecular formula is C18H20N2O4S. The lowest BCUT2D eigenvalue weighted by Gasteiger charge is -2.08. The summed E-state index contributed by atoms with van der Waals surface area (Å²) >= 11 is 1.34. The zero-order valence-corrected chi connectivity index (χ0v) is 15.4. The lowest BCUT2D eigenvalue weighted by atomic mass is 10.1. The minimum atomic E-state index is -0.468. The van der Waals surface area contributed by atoms with Crippen molar-refractivity contribution in [2.75, 3.05) is 24.3 Å². The number of amides is 1. The Morgan fingerprint density at radius 1 is 1.12 bits per heavy atom. The maximum atomic E-state index is 12.2. The number of hydrogen-bond acceptors (Lipinski definition) is 6. The molecule has 1 aromatic heterocycles. The number of benzene rings is 1. The Hall–Kier alpha value is -2.67. The van der Waals surface area contributed by atoms with Gasteiger partial charge in [0, 0.05) is 16.1 Å². The number of aryl methyl sites for hydroxylation is 1. The van der Waals surface area contributed by atoms with Crippen LogP contribution in [-0.2, 0) is 9.53 Å². The van der Waals surface area contributed by atoms with Gasteiger partial charge in [0.15, 0.2) is 5.78 Å². The summed E-state index contributed by atoms with van der Waals surface area (Å²) in [6.45, 7) is 5.25. The molecule has 132 valence electrons. The molecule has 0 aliphatic carbocycles. The van der Waals surface area contributed by atoms with Crippen LogP contribution in [0.2, 0.25) is 0 Å². The van der Waals surface area contributed by atoms with Crippen molar-refractivity contribution in [3.8, 4) is 0 Å². The highest BCUT2D eigenvalue weighted by atomic mass is 32.1. The normalized spacial score (nSPS) is 10.2. The molecule has 2 rings (SSSR count). The fourth-order valence-corrected chi connectivity index (χ4v) is 3.30. The van der Waals surface area contributed by atoms with E-state index in [0.717, 1.165) is 16.1 Å². The van der Waals surface area contributed by atoms with E-state index in [4.69, 9.17) is 4.74 Å². The average Bonchev–Trinajstić information content (AvgIpc) is 2.86. The van der Waals surface area contributed by atoms with Crippen LogP contribution in [0.25, 0.3) is 0 Å². The van der Waals surface area contributed by atoms with E-state index in [-0.39, 0.29) is 18.2 Å². The van der Waals surface area contributed by atoms with Crippen molar-refractivity contribution in [3.63, 3.8) is 0 Å². The molecular weight excluding hydrogens is 340 g/mol. The maximum Gasteiger partial charge on any atom is 0.341 e. The third-order valence-corrected chi connectivity index (χ3v) is 4.89. The molecule has 0 saturated carbocycles. The second kappa shape index (κ2) is 7.94. The molecule has 0 fully saturated rings. The summed E-state index contributed by atoms with van der Waals surface area (Å²) in [5.74, 6) is -0.755. The highest BCUT2D eigenvalue weighted by Gasteiger charge is 2.21. The van der Waals surface area contributed by atoms with Crippen LogP contribution >= 0.6 is 11.3 Å². The van der Waals surface area contributed by atoms with Crippen LogP contribution in [0.1, 0.15) is 38.1 Å². The lowest BCUT2D eigenvalue weighted by Crippen LogP contribution is -2.22. The van der Waals surface area contributed by atoms with Crippen molar-refractivity contribution in [1.82, 2.24) is 0 Å². The Morgan fingerprint density at radius 3 is 2.32 bits per heavy atom. The summed E-state index contributed by atoms with van der Waals surface area (Å²) in [5, 5.41) is 6.22. The fraction of sp³-hybridized carbons (Fsp3) is 0.278. The SMILES string of the molecule is COC(=O)c1c(NC(=O)CNc2ccc(C(C)=O)cc2)sc(C)c1C. The van der Waals surface area contributed by atoms with E-state index in [9.17, 15) is 14.4 Å². The Labute approximate surface area is 150 Å². The Morgan fingerprint density at radius 2 is 1.76 bits per heavy atom. The number of hydrogen-bond donors (Lipinski definition) is 2. The third-order valence-electron chi connectivity index (χ3n) is 3.77. The molecule has 25 heavy (non-hydrogen) atoms. The molecule has 1 amide bonds. The second-order valence-corrected chi connectivity index (χ2v) is 6.74. The number of rotatable bonds is 6. The van der Waals surface area contributed by atoms with Crippen LogP contribution in [0, 0.1) is 13.8 Å². The highest BCUT2D eigenvalue weighted by molar-refractivity contribution is 7.16. The molecule has 7 heteroatoms. The first kappa shape index (κ1) is 18.7. The molecule has 0 aliphatic heterocycles. The van der Waals surface area contributed by atoms with E-state index in [1.165, 1.54) is 25.4 Å². The number of nitrogens with one attached hydrogen (secondary N) is 2. The summed E-state index contributed by atoms with van der Waals surface area (Å²) in [7, 11) is 1.31. The number of ketones is 1. The van der Waals surface area contributed by atoms with Gasteiger partial charge in [-0.15, -0.1) is 11.3 Å². The van der Waals surface area contributed by atoms with Gasteiger partial charge in [-0.1, -0.05) is 0 Å². The number of thiophene rings is 1. The molecule has 0 bridgehead atoms. The van der Waals surface area contributed by atoms with Gasteiger partial charge in [-0.25, -0.2) is 4.79 Å². The zero-order valence-electron chi connectivity index (χ0n) is 14.6. The predicted molar refractivity (Wildman–Crippen MR) is 98.7 cm³/mol. The van der Waals surface area contributed by atoms with Crippen molar-refractivity contribution >= 4 is 39.7 Å². The first-order chi connectivity index (χ1) is 11.8. The molecule has 1 aromatic carbocycles. The lowest BCUT2D eigenvalue weighted by molar-refractivity contribution is -0.114. The van der Waals surface area contributed by atoms with Gasteiger partial charge in [-0.3, -0.25) is 9.59 Å². The second-order valence-electron chi connectivity index (χ2n) is 5.51. The van der Waals surface area contributed by atoms with Gasteiger partial charge in [0.2, 0.25) is 5.91 Å². The van der Waals surface area contributed by atoms with Gasteiger partial charge in [-0.2, -0.15) is 0 Å². The van der Waals surface area contributed by atoms with Crippen LogP contribution in [0.15, 0.2) is 24.3 Å². The minimum Gasteiger partial charge on any atom is -0.465 e. The van der Waals surface area contributed by atoms with Crippen molar-refractivity contribution in [2.45, 2.75) is 20.8 Å². The van der Waals surface area contributed by atoms with E-state index < -0.39 is 5.97 Å².